The number of amidine groups is 1. The Hall–Kier alpha value is -0.220. The molecular weight excluding hydrogens is 196 g/mol. The maximum Gasteiger partial charge on any atom is 0.157 e. The predicted molar refractivity (Wildman–Crippen MR) is 60.9 cm³/mol. The molecule has 2 rings (SSSR count). The Bertz CT molecular complexity index is 232. The van der Waals surface area contributed by atoms with Gasteiger partial charge in [0.05, 0.1) is 12.6 Å². The molecule has 2 aliphatic rings. The van der Waals surface area contributed by atoms with Crippen molar-refractivity contribution in [3.05, 3.63) is 0 Å². The second-order valence-electron chi connectivity index (χ2n) is 4.09. The molecule has 80 valence electrons. The minimum atomic E-state index is 0.455. The molecule has 0 spiro atoms. The van der Waals surface area contributed by atoms with E-state index in [2.05, 4.69) is 17.2 Å². The van der Waals surface area contributed by atoms with Gasteiger partial charge >= 0.3 is 0 Å². The van der Waals surface area contributed by atoms with E-state index in [0.29, 0.717) is 17.4 Å². The summed E-state index contributed by atoms with van der Waals surface area (Å²) in [5.74, 6) is 0. The Morgan fingerprint density at radius 1 is 1.50 bits per heavy atom. The van der Waals surface area contributed by atoms with E-state index in [9.17, 15) is 0 Å². The highest BCUT2D eigenvalue weighted by Crippen LogP contribution is 2.24. The van der Waals surface area contributed by atoms with Gasteiger partial charge in [0, 0.05) is 18.4 Å². The third-order valence-corrected chi connectivity index (χ3v) is 3.87. The van der Waals surface area contributed by atoms with Crippen LogP contribution in [0.2, 0.25) is 0 Å². The van der Waals surface area contributed by atoms with E-state index in [-0.39, 0.29) is 0 Å². The van der Waals surface area contributed by atoms with E-state index in [0.717, 1.165) is 18.1 Å². The van der Waals surface area contributed by atoms with E-state index in [1.165, 1.54) is 12.8 Å². The lowest BCUT2D eigenvalue weighted by Crippen LogP contribution is -2.30. The number of rotatable bonds is 2. The number of nitrogens with one attached hydrogen (secondary N) is 1. The van der Waals surface area contributed by atoms with Gasteiger partial charge in [-0.3, -0.25) is 4.99 Å². The molecule has 1 aliphatic heterocycles. The Morgan fingerprint density at radius 2 is 2.36 bits per heavy atom. The molecule has 1 aliphatic carbocycles. The Kier molecular flexibility index (Phi) is 3.34. The monoisotopic (exact) mass is 214 g/mol. The summed E-state index contributed by atoms with van der Waals surface area (Å²) in [6.07, 6.45) is 3.98. The van der Waals surface area contributed by atoms with Crippen molar-refractivity contribution < 1.29 is 4.74 Å². The fourth-order valence-electron chi connectivity index (χ4n) is 2.02. The van der Waals surface area contributed by atoms with Crippen LogP contribution >= 0.6 is 11.8 Å². The lowest BCUT2D eigenvalue weighted by Gasteiger charge is -2.13. The van der Waals surface area contributed by atoms with E-state index in [4.69, 9.17) is 4.74 Å². The van der Waals surface area contributed by atoms with E-state index in [1.54, 1.807) is 7.11 Å². The van der Waals surface area contributed by atoms with Crippen LogP contribution in [0.25, 0.3) is 0 Å². The van der Waals surface area contributed by atoms with Crippen molar-refractivity contribution in [1.82, 2.24) is 5.32 Å². The van der Waals surface area contributed by atoms with Gasteiger partial charge in [0.25, 0.3) is 0 Å². The fraction of sp³-hybridized carbons (Fsp3) is 0.900. The largest absolute Gasteiger partial charge is 0.381 e. The lowest BCUT2D eigenvalue weighted by atomic mass is 10.2. The zero-order valence-corrected chi connectivity index (χ0v) is 9.64. The van der Waals surface area contributed by atoms with Crippen LogP contribution in [0.1, 0.15) is 26.2 Å². The van der Waals surface area contributed by atoms with E-state index in [1.807, 2.05) is 11.8 Å². The second kappa shape index (κ2) is 4.53. The number of nitrogens with zero attached hydrogens (tertiary/aromatic N) is 1. The normalized spacial score (nSPS) is 37.3. The molecule has 1 N–H and O–H groups in total. The van der Waals surface area contributed by atoms with Crippen molar-refractivity contribution in [1.29, 1.82) is 0 Å². The third-order valence-electron chi connectivity index (χ3n) is 2.85. The molecule has 0 amide bonds. The van der Waals surface area contributed by atoms with Crippen LogP contribution in [-0.4, -0.2) is 36.2 Å². The van der Waals surface area contributed by atoms with Gasteiger partial charge in [0.2, 0.25) is 0 Å². The first-order chi connectivity index (χ1) is 6.78. The number of aliphatic imine (C=N–C) groups is 1. The van der Waals surface area contributed by atoms with Gasteiger partial charge < -0.3 is 10.1 Å². The average molecular weight is 214 g/mol. The number of methoxy groups -OCH3 is 1. The zero-order valence-electron chi connectivity index (χ0n) is 8.82. The van der Waals surface area contributed by atoms with Crippen LogP contribution in [-0.2, 0) is 4.74 Å². The third kappa shape index (κ3) is 2.42. The molecule has 1 fully saturated rings. The summed E-state index contributed by atoms with van der Waals surface area (Å²) in [4.78, 5) is 4.46. The summed E-state index contributed by atoms with van der Waals surface area (Å²) in [7, 11) is 1.80. The number of ether oxygens (including phenoxy) is 1. The molecule has 0 saturated heterocycles. The standard InChI is InChI=1S/C10H18N2OS/c1-7-6-11-10(14-7)12-8-3-4-9(5-8)13-2/h7-9H,3-6H2,1-2H3,(H,11,12). The molecule has 0 bridgehead atoms. The summed E-state index contributed by atoms with van der Waals surface area (Å²) < 4.78 is 5.34. The number of hydrogen-bond donors (Lipinski definition) is 1. The van der Waals surface area contributed by atoms with Crippen LogP contribution in [0.15, 0.2) is 4.99 Å². The molecule has 14 heavy (non-hydrogen) atoms. The van der Waals surface area contributed by atoms with Gasteiger partial charge in [-0.2, -0.15) is 0 Å². The highest BCUT2D eigenvalue weighted by atomic mass is 32.2. The van der Waals surface area contributed by atoms with Crippen LogP contribution < -0.4 is 5.32 Å². The molecule has 0 aromatic carbocycles. The van der Waals surface area contributed by atoms with E-state index >= 15 is 0 Å². The number of hydrogen-bond acceptors (Lipinski definition) is 4. The average Bonchev–Trinajstić information content (AvgIpc) is 2.76. The summed E-state index contributed by atoms with van der Waals surface area (Å²) in [5.41, 5.74) is 0. The van der Waals surface area contributed by atoms with Crippen LogP contribution in [0.5, 0.6) is 0 Å². The van der Waals surface area contributed by atoms with Gasteiger partial charge in [-0.1, -0.05) is 18.7 Å². The van der Waals surface area contributed by atoms with Crippen molar-refractivity contribution in [3.63, 3.8) is 0 Å². The highest BCUT2D eigenvalue weighted by molar-refractivity contribution is 8.14. The van der Waals surface area contributed by atoms with Crippen LogP contribution in [0, 0.1) is 0 Å². The highest BCUT2D eigenvalue weighted by Gasteiger charge is 2.26. The smallest absolute Gasteiger partial charge is 0.157 e. The van der Waals surface area contributed by atoms with Crippen molar-refractivity contribution in [2.24, 2.45) is 4.99 Å². The molecule has 0 radical (unpaired) electrons. The van der Waals surface area contributed by atoms with Crippen molar-refractivity contribution in [3.8, 4) is 0 Å². The fourth-order valence-corrected chi connectivity index (χ4v) is 2.93. The molecule has 0 aromatic rings. The quantitative estimate of drug-likeness (QED) is 0.758. The van der Waals surface area contributed by atoms with Crippen LogP contribution in [0.3, 0.4) is 0 Å². The molecule has 0 aromatic heterocycles. The second-order valence-corrected chi connectivity index (χ2v) is 5.51. The first kappa shape index (κ1) is 10.3. The van der Waals surface area contributed by atoms with Gasteiger partial charge in [0.1, 0.15) is 0 Å². The first-order valence-corrected chi connectivity index (χ1v) is 6.16. The predicted octanol–water partition coefficient (Wildman–Crippen LogP) is 1.63. The van der Waals surface area contributed by atoms with Crippen molar-refractivity contribution >= 4 is 16.9 Å². The first-order valence-electron chi connectivity index (χ1n) is 5.28. The SMILES string of the molecule is COC1CCC(NC2=NCC(C)S2)C1. The minimum absolute atomic E-state index is 0.455. The molecule has 4 heteroatoms. The topological polar surface area (TPSA) is 33.6 Å². The summed E-state index contributed by atoms with van der Waals surface area (Å²) in [6.45, 7) is 3.18. The number of thioether (sulfide) groups is 1. The summed E-state index contributed by atoms with van der Waals surface area (Å²) in [5, 5.41) is 5.29. The molecule has 3 nitrogen and oxygen atoms in total. The molecule has 1 heterocycles. The Balaban J connectivity index is 1.76. The summed E-state index contributed by atoms with van der Waals surface area (Å²) in [6, 6.07) is 0.580. The summed E-state index contributed by atoms with van der Waals surface area (Å²) >= 11 is 1.86. The maximum atomic E-state index is 5.34. The van der Waals surface area contributed by atoms with Gasteiger partial charge in [0.15, 0.2) is 5.17 Å². The van der Waals surface area contributed by atoms with Gasteiger partial charge in [-0.25, -0.2) is 0 Å². The maximum absolute atomic E-state index is 5.34. The van der Waals surface area contributed by atoms with E-state index < -0.39 is 0 Å². The molecule has 3 atom stereocenters. The molecule has 3 unspecified atom stereocenters. The zero-order chi connectivity index (χ0) is 9.97. The van der Waals surface area contributed by atoms with Crippen molar-refractivity contribution in [2.45, 2.75) is 43.6 Å². The van der Waals surface area contributed by atoms with Crippen LogP contribution in [0.4, 0.5) is 0 Å². The lowest BCUT2D eigenvalue weighted by molar-refractivity contribution is 0.107. The van der Waals surface area contributed by atoms with Gasteiger partial charge in [-0.15, -0.1) is 0 Å². The molecular formula is C10H18N2OS. The Morgan fingerprint density at radius 3 is 2.93 bits per heavy atom. The van der Waals surface area contributed by atoms with Gasteiger partial charge in [-0.05, 0) is 19.3 Å². The Labute approximate surface area is 89.7 Å². The minimum Gasteiger partial charge on any atom is -0.381 e. The molecule has 1 saturated carbocycles. The van der Waals surface area contributed by atoms with Crippen molar-refractivity contribution in [2.75, 3.05) is 13.7 Å².